The monoisotopic (exact) mass is 684 g/mol. The second-order valence-electron chi connectivity index (χ2n) is 13.4. The Labute approximate surface area is 265 Å². The van der Waals surface area contributed by atoms with Gasteiger partial charge in [0, 0.05) is 62.3 Å². The van der Waals surface area contributed by atoms with Crippen molar-refractivity contribution >= 4 is 40.6 Å². The second kappa shape index (κ2) is 14.6. The zero-order valence-corrected chi connectivity index (χ0v) is 27.3. The second-order valence-corrected chi connectivity index (χ2v) is 16.9. The molecule has 260 valence electrons. The van der Waals surface area contributed by atoms with E-state index in [-0.39, 0.29) is 70.0 Å². The van der Waals surface area contributed by atoms with Crippen molar-refractivity contribution in [2.75, 3.05) is 39.3 Å². The van der Waals surface area contributed by atoms with E-state index in [2.05, 4.69) is 9.44 Å². The third-order valence-electron chi connectivity index (χ3n) is 9.48. The molecule has 3 rings (SSSR count). The van der Waals surface area contributed by atoms with Crippen LogP contribution in [0.5, 0.6) is 0 Å². The fourth-order valence-electron chi connectivity index (χ4n) is 6.50. The maximum Gasteiger partial charge on any atom is 0.451 e. The van der Waals surface area contributed by atoms with Crippen molar-refractivity contribution in [2.24, 2.45) is 40.7 Å². The van der Waals surface area contributed by atoms with Gasteiger partial charge in [-0.1, -0.05) is 12.8 Å². The lowest BCUT2D eigenvalue weighted by molar-refractivity contribution is -0.144. The third-order valence-corrected chi connectivity index (χ3v) is 12.4. The van der Waals surface area contributed by atoms with E-state index in [1.165, 1.54) is 4.31 Å². The Bertz CT molecular complexity index is 1250. The largest absolute Gasteiger partial charge is 0.480 e. The molecule has 2 saturated heterocycles. The van der Waals surface area contributed by atoms with E-state index in [0.717, 1.165) is 4.31 Å². The highest BCUT2D eigenvalue weighted by Gasteiger charge is 2.58. The first-order valence-electron chi connectivity index (χ1n) is 15.2. The van der Waals surface area contributed by atoms with Crippen LogP contribution in [0, 0.1) is 17.8 Å². The molecule has 22 heteroatoms. The lowest BCUT2D eigenvalue weighted by Crippen LogP contribution is -2.55. The van der Waals surface area contributed by atoms with Crippen molar-refractivity contribution in [1.82, 2.24) is 18.1 Å². The number of hydrogen-bond acceptors (Lipinski definition) is 13. The molecule has 15 N–H and O–H groups in total. The van der Waals surface area contributed by atoms with Crippen LogP contribution >= 0.6 is 0 Å². The molecule has 3 fully saturated rings. The summed E-state index contributed by atoms with van der Waals surface area (Å²) < 4.78 is 59.6. The SMILES string of the molecule is CC(N)CNS(=O)(=O)N1C[C@@H](CCCB(O)O)[C@](N)(CC2CC2(N)CNS(=O)(=O)N2C[C@H](CCCB(O)O)[C@](N)(C(=O)O)C2)C1. The maximum atomic E-state index is 13.2. The van der Waals surface area contributed by atoms with E-state index < -0.39 is 75.7 Å². The van der Waals surface area contributed by atoms with Gasteiger partial charge in [0.1, 0.15) is 5.54 Å². The fraction of sp³-hybridized carbons (Fsp3) is 0.957. The number of carboxylic acids is 1. The number of carboxylic acid groups (broad SMARTS) is 1. The zero-order valence-electron chi connectivity index (χ0n) is 25.7. The number of rotatable bonds is 19. The van der Waals surface area contributed by atoms with Crippen molar-refractivity contribution in [2.45, 2.75) is 80.7 Å². The number of aliphatic carboxylic acids is 1. The average Bonchev–Trinajstić information content (AvgIpc) is 3.21. The van der Waals surface area contributed by atoms with Crippen LogP contribution in [0.2, 0.25) is 12.6 Å². The van der Waals surface area contributed by atoms with Crippen LogP contribution in [0.25, 0.3) is 0 Å². The van der Waals surface area contributed by atoms with E-state index in [4.69, 9.17) is 33.0 Å². The first kappa shape index (κ1) is 38.5. The number of nitrogens with two attached hydrogens (primary N) is 4. The van der Waals surface area contributed by atoms with Crippen molar-refractivity contribution in [1.29, 1.82) is 0 Å². The van der Waals surface area contributed by atoms with Gasteiger partial charge in [-0.15, -0.1) is 0 Å². The predicted molar refractivity (Wildman–Crippen MR) is 167 cm³/mol. The molecule has 0 amide bonds. The summed E-state index contributed by atoms with van der Waals surface area (Å²) in [4.78, 5) is 12.0. The van der Waals surface area contributed by atoms with Crippen LogP contribution < -0.4 is 32.4 Å². The van der Waals surface area contributed by atoms with Crippen LogP contribution in [0.4, 0.5) is 0 Å². The Balaban J connectivity index is 1.65. The van der Waals surface area contributed by atoms with Crippen LogP contribution in [-0.4, -0.2) is 133 Å². The summed E-state index contributed by atoms with van der Waals surface area (Å²) in [6.45, 7) is 0.992. The summed E-state index contributed by atoms with van der Waals surface area (Å²) in [5.41, 5.74) is 21.4. The Hall–Kier alpha value is -0.980. The highest BCUT2D eigenvalue weighted by Crippen LogP contribution is 2.49. The Kier molecular flexibility index (Phi) is 12.5. The molecule has 0 spiro atoms. The summed E-state index contributed by atoms with van der Waals surface area (Å²) in [6, 6.07) is -0.405. The molecule has 18 nitrogen and oxygen atoms in total. The van der Waals surface area contributed by atoms with E-state index in [1.54, 1.807) is 6.92 Å². The number of carbonyl (C=O) groups is 1. The quantitative estimate of drug-likeness (QED) is 0.0568. The molecule has 7 atom stereocenters. The first-order valence-corrected chi connectivity index (χ1v) is 18.1. The van der Waals surface area contributed by atoms with Gasteiger partial charge in [-0.05, 0) is 57.1 Å². The average molecular weight is 684 g/mol. The Morgan fingerprint density at radius 3 is 1.91 bits per heavy atom. The first-order chi connectivity index (χ1) is 20.6. The molecule has 0 aromatic carbocycles. The van der Waals surface area contributed by atoms with Gasteiger partial charge in [0.05, 0.1) is 0 Å². The molecule has 2 heterocycles. The van der Waals surface area contributed by atoms with Gasteiger partial charge in [0.15, 0.2) is 0 Å². The molecule has 0 radical (unpaired) electrons. The van der Waals surface area contributed by atoms with Gasteiger partial charge in [-0.3, -0.25) is 4.79 Å². The summed E-state index contributed by atoms with van der Waals surface area (Å²) in [7, 11) is -11.2. The topological polar surface area (TPSA) is 321 Å². The van der Waals surface area contributed by atoms with E-state index in [9.17, 15) is 36.8 Å². The van der Waals surface area contributed by atoms with Crippen LogP contribution in [0.15, 0.2) is 0 Å². The summed E-state index contributed by atoms with van der Waals surface area (Å²) in [5.74, 6) is -2.69. The molecule has 0 aromatic heterocycles. The van der Waals surface area contributed by atoms with Crippen LogP contribution in [-0.2, 0) is 25.2 Å². The smallest absolute Gasteiger partial charge is 0.451 e. The molecule has 0 aromatic rings. The molecule has 3 aliphatic rings. The molecule has 45 heavy (non-hydrogen) atoms. The third kappa shape index (κ3) is 9.78. The highest BCUT2D eigenvalue weighted by molar-refractivity contribution is 7.87. The molecule has 0 bridgehead atoms. The van der Waals surface area contributed by atoms with Gasteiger partial charge in [0.25, 0.3) is 20.4 Å². The number of nitrogens with zero attached hydrogens (tertiary/aromatic N) is 2. The normalized spacial score (nSPS) is 33.4. The Morgan fingerprint density at radius 1 is 0.867 bits per heavy atom. The lowest BCUT2D eigenvalue weighted by Gasteiger charge is -2.32. The fourth-order valence-corrected chi connectivity index (χ4v) is 9.34. The zero-order chi connectivity index (χ0) is 34.0. The summed E-state index contributed by atoms with van der Waals surface area (Å²) >= 11 is 0. The van der Waals surface area contributed by atoms with E-state index >= 15 is 0 Å². The molecule has 2 aliphatic heterocycles. The lowest BCUT2D eigenvalue weighted by atomic mass is 9.76. The van der Waals surface area contributed by atoms with Gasteiger partial charge in [-0.25, -0.2) is 9.44 Å². The molecular formula is C23H50B2N8O10S2. The van der Waals surface area contributed by atoms with E-state index in [1.807, 2.05) is 0 Å². The van der Waals surface area contributed by atoms with Crippen LogP contribution in [0.3, 0.4) is 0 Å². The Morgan fingerprint density at radius 2 is 1.38 bits per heavy atom. The van der Waals surface area contributed by atoms with Crippen molar-refractivity contribution in [3.63, 3.8) is 0 Å². The highest BCUT2D eigenvalue weighted by atomic mass is 32.2. The van der Waals surface area contributed by atoms with Gasteiger partial charge in [0.2, 0.25) is 0 Å². The van der Waals surface area contributed by atoms with Gasteiger partial charge < -0.3 is 48.1 Å². The number of hydrogen-bond donors (Lipinski definition) is 11. The summed E-state index contributed by atoms with van der Waals surface area (Å²) in [6.07, 6.45) is 2.06. The molecular weight excluding hydrogens is 634 g/mol. The molecule has 1 saturated carbocycles. The maximum absolute atomic E-state index is 13.2. The van der Waals surface area contributed by atoms with Crippen LogP contribution in [0.1, 0.15) is 45.4 Å². The van der Waals surface area contributed by atoms with Crippen molar-refractivity contribution in [3.8, 4) is 0 Å². The van der Waals surface area contributed by atoms with E-state index in [0.29, 0.717) is 25.7 Å². The minimum Gasteiger partial charge on any atom is -0.480 e. The standard InChI is InChI=1S/C23H50B2N8O10S2/c1-16(26)10-30-44(40,41)32-11-17(4-2-6-24(36)37)22(28,14-32)9-19-8-21(19,27)13-31-45(42,43)33-12-18(5-3-7-25(38)39)23(29,15-33)20(34)35/h16-19,30-31,36-39H,2-15,26-29H2,1H3,(H,34,35)/t16?,17-,18+,19?,21?,22+,23+/m1/s1. The van der Waals surface area contributed by atoms with Crippen molar-refractivity contribution in [3.05, 3.63) is 0 Å². The van der Waals surface area contributed by atoms with Crippen molar-refractivity contribution < 1.29 is 46.8 Å². The predicted octanol–water partition coefficient (Wildman–Crippen LogP) is -5.04. The number of nitrogens with one attached hydrogen (secondary N) is 2. The molecule has 1 aliphatic carbocycles. The minimum atomic E-state index is -4.19. The molecule has 3 unspecified atom stereocenters. The minimum absolute atomic E-state index is 0.00569. The van der Waals surface area contributed by atoms with Gasteiger partial charge >= 0.3 is 20.2 Å². The summed E-state index contributed by atoms with van der Waals surface area (Å²) in [5, 5.41) is 46.5. The van der Waals surface area contributed by atoms with Gasteiger partial charge in [-0.2, -0.15) is 25.4 Å².